The highest BCUT2D eigenvalue weighted by Gasteiger charge is 2.41. The van der Waals surface area contributed by atoms with Crippen molar-refractivity contribution in [3.63, 3.8) is 0 Å². The summed E-state index contributed by atoms with van der Waals surface area (Å²) in [6, 6.07) is 34.8. The number of aromatic nitrogens is 2. The van der Waals surface area contributed by atoms with Crippen LogP contribution in [-0.2, 0) is 27.1 Å². The van der Waals surface area contributed by atoms with E-state index in [1.165, 1.54) is 28.5 Å². The zero-order valence-corrected chi connectivity index (χ0v) is 48.7. The molecule has 2 aromatic heterocycles. The molecule has 1 aliphatic heterocycles. The monoisotopic (exact) mass is 1080 g/mol. The number of ether oxygens (including phenoxy) is 1. The van der Waals surface area contributed by atoms with Crippen molar-refractivity contribution in [1.29, 1.82) is 0 Å². The Kier molecular flexibility index (Phi) is 9.17. The molecule has 406 valence electrons. The SMILES string of the molecule is [2H]c1c([2H])c([2H])c(-c2cc(C(C)(C)C)cc(-c3cc(C(C)(C)C)cc(C(C)(C)C)c3)c2[N+]2=C=[N+](c3ccc(C([2H])([2H])[2H])c(Oc4ccc5c6c([2H])c([2H])c([2H])c([2H])c6n(-c6cc(C([2H])([2H])[2H])c(-c7ccc8c(c7)C(C)(C)CCC8(C)C)cn6)c5c4)c3)c3ccccc32)c([2H])c1[2H]. The molecule has 0 saturated carbocycles. The molecule has 5 heteroatoms. The van der Waals surface area contributed by atoms with E-state index in [-0.39, 0.29) is 96.3 Å². The van der Waals surface area contributed by atoms with E-state index in [9.17, 15) is 5.48 Å². The van der Waals surface area contributed by atoms with Crippen LogP contribution < -0.4 is 13.9 Å². The van der Waals surface area contributed by atoms with Gasteiger partial charge < -0.3 is 4.74 Å². The number of hydrogen-bond acceptors (Lipinski definition) is 2. The van der Waals surface area contributed by atoms with E-state index in [0.29, 0.717) is 50.4 Å². The van der Waals surface area contributed by atoms with Gasteiger partial charge >= 0.3 is 6.01 Å². The highest BCUT2D eigenvalue weighted by molar-refractivity contribution is 6.09. The van der Waals surface area contributed by atoms with E-state index < -0.39 is 49.3 Å². The predicted molar refractivity (Wildman–Crippen MR) is 343 cm³/mol. The molecule has 0 spiro atoms. The van der Waals surface area contributed by atoms with E-state index in [0.717, 1.165) is 40.7 Å². The van der Waals surface area contributed by atoms with Crippen molar-refractivity contribution in [2.24, 2.45) is 0 Å². The number of pyridine rings is 1. The number of para-hydroxylation sites is 3. The summed E-state index contributed by atoms with van der Waals surface area (Å²) < 4.78 is 147. The molecule has 3 heterocycles. The first-order valence-electron chi connectivity index (χ1n) is 35.4. The third-order valence-electron chi connectivity index (χ3n) is 16.6. The average molecular weight is 1080 g/mol. The molecule has 0 amide bonds. The van der Waals surface area contributed by atoms with E-state index >= 15 is 0 Å². The van der Waals surface area contributed by atoms with Gasteiger partial charge in [0.15, 0.2) is 0 Å². The van der Waals surface area contributed by atoms with Crippen LogP contribution in [0.4, 0.5) is 22.7 Å². The Labute approximate surface area is 502 Å². The van der Waals surface area contributed by atoms with Crippen LogP contribution in [0.1, 0.15) is 162 Å². The van der Waals surface area contributed by atoms with Crippen molar-refractivity contribution < 1.29 is 25.3 Å². The van der Waals surface area contributed by atoms with E-state index in [4.69, 9.17) is 24.8 Å². The smallest absolute Gasteiger partial charge is 0.457 e. The summed E-state index contributed by atoms with van der Waals surface area (Å²) in [6.07, 6.45) is 3.45. The molecule has 10 aromatic rings. The van der Waals surface area contributed by atoms with Crippen LogP contribution in [0.5, 0.6) is 11.5 Å². The first kappa shape index (κ1) is 38.5. The summed E-state index contributed by atoms with van der Waals surface area (Å²) in [7, 11) is 0. The van der Waals surface area contributed by atoms with Crippen LogP contribution >= 0.6 is 0 Å². The van der Waals surface area contributed by atoms with Crippen molar-refractivity contribution in [1.82, 2.24) is 18.7 Å². The van der Waals surface area contributed by atoms with Gasteiger partial charge in [0, 0.05) is 55.0 Å². The zero-order valence-electron chi connectivity index (χ0n) is 63.7. The molecular weight excluding hydrogens is 985 g/mol. The number of benzene rings is 8. The number of hydrogen-bond donors (Lipinski definition) is 0. The molecule has 0 unspecified atom stereocenters. The van der Waals surface area contributed by atoms with Gasteiger partial charge in [-0.15, -0.1) is 0 Å². The fraction of sp³-hybridized carbons (Fsp3) is 0.289. The molecule has 5 nitrogen and oxygen atoms in total. The molecule has 0 fully saturated rings. The Morgan fingerprint density at radius 3 is 1.85 bits per heavy atom. The topological polar surface area (TPSA) is 33.1 Å². The summed E-state index contributed by atoms with van der Waals surface area (Å²) in [5.74, 6) is 0.0820. The second-order valence-electron chi connectivity index (χ2n) is 26.4. The number of nitrogens with zero attached hydrogens (tertiary/aromatic N) is 4. The normalized spacial score (nSPS) is 17.9. The van der Waals surface area contributed by atoms with Gasteiger partial charge in [-0.2, -0.15) is 0 Å². The van der Waals surface area contributed by atoms with Gasteiger partial charge in [0.1, 0.15) is 17.3 Å². The predicted octanol–water partition coefficient (Wildman–Crippen LogP) is 20.7. The third-order valence-corrected chi connectivity index (χ3v) is 16.6. The van der Waals surface area contributed by atoms with E-state index in [2.05, 4.69) is 132 Å². The fourth-order valence-corrected chi connectivity index (χ4v) is 11.6. The molecule has 0 radical (unpaired) electrons. The van der Waals surface area contributed by atoms with Gasteiger partial charge in [-0.05, 0) is 161 Å². The molecule has 12 rings (SSSR count). The van der Waals surface area contributed by atoms with Gasteiger partial charge in [-0.1, -0.05) is 187 Å². The average Bonchev–Trinajstić information content (AvgIpc) is 1.58. The first-order chi connectivity index (χ1) is 44.5. The summed E-state index contributed by atoms with van der Waals surface area (Å²) in [6.45, 7) is 22.6. The molecule has 0 atom stereocenters. The second-order valence-corrected chi connectivity index (χ2v) is 26.4. The lowest BCUT2D eigenvalue weighted by atomic mass is 9.63. The van der Waals surface area contributed by atoms with Gasteiger partial charge in [0.2, 0.25) is 11.4 Å². The summed E-state index contributed by atoms with van der Waals surface area (Å²) in [5.41, 5.74) is 9.09. The minimum atomic E-state index is -2.73. The minimum Gasteiger partial charge on any atom is -0.457 e. The Morgan fingerprint density at radius 1 is 0.543 bits per heavy atom. The van der Waals surface area contributed by atoms with Crippen molar-refractivity contribution in [2.75, 3.05) is 0 Å². The number of fused-ring (bicyclic) bond motifs is 5. The Morgan fingerprint density at radius 2 is 1.17 bits per heavy atom. The molecule has 1 aliphatic carbocycles. The maximum atomic E-state index is 9.52. The van der Waals surface area contributed by atoms with Crippen LogP contribution in [0.2, 0.25) is 0 Å². The summed E-state index contributed by atoms with van der Waals surface area (Å²) in [5, 5.41) is 0.519. The molecular formula is C76H78N4O+2. The summed E-state index contributed by atoms with van der Waals surface area (Å²) >= 11 is 0. The van der Waals surface area contributed by atoms with Crippen LogP contribution in [-0.4, -0.2) is 15.6 Å². The lowest BCUT2D eigenvalue weighted by Gasteiger charge is -2.42. The first-order valence-corrected chi connectivity index (χ1v) is 27.9. The Balaban J connectivity index is 1.09. The number of rotatable bonds is 8. The fourth-order valence-electron chi connectivity index (χ4n) is 11.6. The maximum Gasteiger partial charge on any atom is 0.503 e. The van der Waals surface area contributed by atoms with Crippen LogP contribution in [0.25, 0.3) is 61.0 Å². The molecule has 81 heavy (non-hydrogen) atoms. The summed E-state index contributed by atoms with van der Waals surface area (Å²) in [4.78, 5) is 4.93. The highest BCUT2D eigenvalue weighted by Crippen LogP contribution is 2.50. The molecule has 0 bridgehead atoms. The second kappa shape index (κ2) is 19.3. The zero-order chi connectivity index (χ0) is 70.0. The van der Waals surface area contributed by atoms with Gasteiger partial charge in [-0.3, -0.25) is 4.57 Å². The van der Waals surface area contributed by atoms with Gasteiger partial charge in [-0.25, -0.2) is 4.98 Å². The number of aryl methyl sites for hydroxylation is 2. The molecule has 2 aliphatic rings. The maximum absolute atomic E-state index is 9.52. The minimum absolute atomic E-state index is 0.0000692. The third kappa shape index (κ3) is 9.64. The standard InChI is InChI=1S/C76H78N4O/c1-48-29-31-56(44-69(48)81-57-32-33-59-58-25-19-20-26-65(58)80(68(59)45-57)70-37-49(2)62(46-77-70)51-30-34-63-64(40-51)76(14,15)36-35-75(63,12)13)78-47-79(67-28-22-21-27-66(67)78)71-60(50-23-17-16-18-24-50)42-55(74(9,10)11)43-61(71)52-38-53(72(3,4)5)41-54(39-52)73(6,7)8/h16-34,37-46H,35-36H2,1-15H3/q+2/i1D3,2D3,16D,17D,18D,19D,20D,23D,24D,25D,26D. The van der Waals surface area contributed by atoms with Gasteiger partial charge in [0.25, 0.3) is 11.4 Å². The lowest BCUT2D eigenvalue weighted by Crippen LogP contribution is -2.33. The van der Waals surface area contributed by atoms with Crippen molar-refractivity contribution >= 4 is 50.6 Å². The quantitative estimate of drug-likeness (QED) is 0.142. The Bertz CT molecular complexity index is 4980. The molecule has 0 N–H and O–H groups in total. The van der Waals surface area contributed by atoms with Gasteiger partial charge in [0.05, 0.1) is 40.6 Å². The Hall–Kier alpha value is -8.11. The molecule has 8 aromatic carbocycles. The van der Waals surface area contributed by atoms with Crippen molar-refractivity contribution in [3.8, 4) is 50.7 Å². The largest absolute Gasteiger partial charge is 0.503 e. The van der Waals surface area contributed by atoms with E-state index in [1.54, 1.807) is 34.9 Å². The van der Waals surface area contributed by atoms with Crippen LogP contribution in [0.15, 0.2) is 176 Å². The van der Waals surface area contributed by atoms with Crippen molar-refractivity contribution in [3.05, 3.63) is 215 Å². The van der Waals surface area contributed by atoms with Crippen molar-refractivity contribution in [2.45, 2.75) is 144 Å². The van der Waals surface area contributed by atoms with Crippen LogP contribution in [0, 0.1) is 13.7 Å². The highest BCUT2D eigenvalue weighted by atomic mass is 16.5. The van der Waals surface area contributed by atoms with E-state index in [1.807, 2.05) is 41.0 Å². The lowest BCUT2D eigenvalue weighted by molar-refractivity contribution is 0.332. The van der Waals surface area contributed by atoms with Crippen LogP contribution in [0.3, 0.4) is 0 Å². The molecule has 0 saturated heterocycles.